The van der Waals surface area contributed by atoms with Crippen molar-refractivity contribution in [3.8, 4) is 0 Å². The van der Waals surface area contributed by atoms with Gasteiger partial charge in [-0.05, 0) is 36.8 Å². The molecule has 0 unspecified atom stereocenters. The molecule has 27 heavy (non-hydrogen) atoms. The number of benzene rings is 2. The summed E-state index contributed by atoms with van der Waals surface area (Å²) in [6.07, 6.45) is 0.764. The summed E-state index contributed by atoms with van der Waals surface area (Å²) in [4.78, 5) is 37.3. The van der Waals surface area contributed by atoms with Gasteiger partial charge in [-0.25, -0.2) is 0 Å². The lowest BCUT2D eigenvalue weighted by atomic mass is 10.1. The minimum atomic E-state index is -0.202. The molecule has 2 aromatic carbocycles. The number of nitrogens with one attached hydrogen (secondary N) is 2. The summed E-state index contributed by atoms with van der Waals surface area (Å²) in [6.45, 7) is 0.401. The number of halogens is 1. The van der Waals surface area contributed by atoms with Crippen LogP contribution in [0.4, 0.5) is 5.69 Å². The van der Waals surface area contributed by atoms with Crippen molar-refractivity contribution in [2.75, 3.05) is 26.0 Å². The molecule has 0 saturated heterocycles. The minimum absolute atomic E-state index is 0.163. The molecule has 2 aromatic rings. The van der Waals surface area contributed by atoms with Crippen molar-refractivity contribution in [2.45, 2.75) is 12.8 Å². The first-order valence-corrected chi connectivity index (χ1v) is 8.90. The summed E-state index contributed by atoms with van der Waals surface area (Å²) in [6, 6.07) is 13.7. The molecule has 0 spiro atoms. The monoisotopic (exact) mass is 387 g/mol. The second-order valence-corrected chi connectivity index (χ2v) is 6.58. The van der Waals surface area contributed by atoms with E-state index in [1.165, 1.54) is 4.90 Å². The summed E-state index contributed by atoms with van der Waals surface area (Å²) >= 11 is 6.13. The Hall–Kier alpha value is -2.86. The van der Waals surface area contributed by atoms with Gasteiger partial charge in [0.25, 0.3) is 11.8 Å². The average molecular weight is 388 g/mol. The molecular weight excluding hydrogens is 366 g/mol. The number of carbonyl (C=O) groups excluding carboxylic acids is 3. The first-order chi connectivity index (χ1) is 12.9. The highest BCUT2D eigenvalue weighted by molar-refractivity contribution is 6.34. The molecule has 0 fully saturated rings. The van der Waals surface area contributed by atoms with Crippen LogP contribution in [0.1, 0.15) is 33.6 Å². The standard InChI is InChI=1S/C20H22ClN3O3/c1-24(2)20(27)16-11-10-15(13-17(16)21)23-18(25)9-6-12-22-19(26)14-7-4-3-5-8-14/h3-5,7-8,10-11,13H,6,9,12H2,1-2H3,(H,22,26)(H,23,25). The van der Waals surface area contributed by atoms with Crippen LogP contribution in [0, 0.1) is 0 Å². The van der Waals surface area contributed by atoms with E-state index in [1.54, 1.807) is 56.6 Å². The molecule has 7 heteroatoms. The zero-order valence-corrected chi connectivity index (χ0v) is 16.0. The zero-order chi connectivity index (χ0) is 19.8. The quantitative estimate of drug-likeness (QED) is 0.716. The molecule has 0 aliphatic rings. The minimum Gasteiger partial charge on any atom is -0.352 e. The predicted octanol–water partition coefficient (Wildman–Crippen LogP) is 3.19. The van der Waals surface area contributed by atoms with Gasteiger partial charge < -0.3 is 15.5 Å². The SMILES string of the molecule is CN(C)C(=O)c1ccc(NC(=O)CCCNC(=O)c2ccccc2)cc1Cl. The van der Waals surface area contributed by atoms with Crippen LogP contribution < -0.4 is 10.6 Å². The Bertz CT molecular complexity index is 822. The molecular formula is C20H22ClN3O3. The summed E-state index contributed by atoms with van der Waals surface area (Å²) < 4.78 is 0. The van der Waals surface area contributed by atoms with Crippen molar-refractivity contribution in [3.63, 3.8) is 0 Å². The Morgan fingerprint density at radius 3 is 2.37 bits per heavy atom. The normalized spacial score (nSPS) is 10.2. The fourth-order valence-electron chi connectivity index (χ4n) is 2.37. The van der Waals surface area contributed by atoms with Gasteiger partial charge in [-0.3, -0.25) is 14.4 Å². The van der Waals surface area contributed by atoms with E-state index in [4.69, 9.17) is 11.6 Å². The molecule has 0 heterocycles. The van der Waals surface area contributed by atoms with E-state index in [0.29, 0.717) is 29.8 Å². The molecule has 3 amide bonds. The van der Waals surface area contributed by atoms with Crippen molar-refractivity contribution in [3.05, 3.63) is 64.7 Å². The van der Waals surface area contributed by atoms with Crippen molar-refractivity contribution >= 4 is 35.0 Å². The molecule has 0 atom stereocenters. The second-order valence-electron chi connectivity index (χ2n) is 6.17. The molecule has 2 rings (SSSR count). The molecule has 0 aliphatic heterocycles. The largest absolute Gasteiger partial charge is 0.352 e. The van der Waals surface area contributed by atoms with Gasteiger partial charge in [0.2, 0.25) is 5.91 Å². The Morgan fingerprint density at radius 2 is 1.74 bits per heavy atom. The van der Waals surface area contributed by atoms with Gasteiger partial charge in [-0.2, -0.15) is 0 Å². The number of carbonyl (C=O) groups is 3. The highest BCUT2D eigenvalue weighted by atomic mass is 35.5. The maximum atomic E-state index is 12.0. The van der Waals surface area contributed by atoms with Gasteiger partial charge >= 0.3 is 0 Å². The first kappa shape index (κ1) is 20.5. The molecule has 0 bridgehead atoms. The van der Waals surface area contributed by atoms with Crippen LogP contribution in [0.3, 0.4) is 0 Å². The van der Waals surface area contributed by atoms with Gasteiger partial charge in [0, 0.05) is 38.3 Å². The smallest absolute Gasteiger partial charge is 0.254 e. The first-order valence-electron chi connectivity index (χ1n) is 8.53. The molecule has 0 aliphatic carbocycles. The van der Waals surface area contributed by atoms with E-state index in [-0.39, 0.29) is 29.2 Å². The third kappa shape index (κ3) is 6.11. The summed E-state index contributed by atoms with van der Waals surface area (Å²) in [5, 5.41) is 5.79. The highest BCUT2D eigenvalue weighted by Gasteiger charge is 2.13. The van der Waals surface area contributed by atoms with Crippen LogP contribution in [-0.4, -0.2) is 43.3 Å². The van der Waals surface area contributed by atoms with Crippen LogP contribution in [0.15, 0.2) is 48.5 Å². The molecule has 6 nitrogen and oxygen atoms in total. The molecule has 142 valence electrons. The van der Waals surface area contributed by atoms with Crippen LogP contribution in [0.5, 0.6) is 0 Å². The van der Waals surface area contributed by atoms with Gasteiger partial charge in [0.15, 0.2) is 0 Å². The number of amides is 3. The van der Waals surface area contributed by atoms with E-state index < -0.39 is 0 Å². The van der Waals surface area contributed by atoms with E-state index in [9.17, 15) is 14.4 Å². The average Bonchev–Trinajstić information content (AvgIpc) is 2.65. The van der Waals surface area contributed by atoms with Crippen LogP contribution in [-0.2, 0) is 4.79 Å². The maximum Gasteiger partial charge on any atom is 0.254 e. The van der Waals surface area contributed by atoms with Crippen LogP contribution in [0.25, 0.3) is 0 Å². The van der Waals surface area contributed by atoms with Gasteiger partial charge in [-0.15, -0.1) is 0 Å². The Morgan fingerprint density at radius 1 is 1.04 bits per heavy atom. The zero-order valence-electron chi connectivity index (χ0n) is 15.3. The highest BCUT2D eigenvalue weighted by Crippen LogP contribution is 2.22. The number of nitrogens with zero attached hydrogens (tertiary/aromatic N) is 1. The molecule has 0 saturated carbocycles. The maximum absolute atomic E-state index is 12.0. The Labute approximate surface area is 163 Å². The number of rotatable bonds is 7. The lowest BCUT2D eigenvalue weighted by Gasteiger charge is -2.13. The molecule has 0 radical (unpaired) electrons. The summed E-state index contributed by atoms with van der Waals surface area (Å²) in [5.41, 5.74) is 1.49. The lowest BCUT2D eigenvalue weighted by Crippen LogP contribution is -2.25. The third-order valence-corrected chi connectivity index (χ3v) is 4.10. The topological polar surface area (TPSA) is 78.5 Å². The Balaban J connectivity index is 1.78. The van der Waals surface area contributed by atoms with Crippen LogP contribution in [0.2, 0.25) is 5.02 Å². The summed E-state index contributed by atoms with van der Waals surface area (Å²) in [7, 11) is 3.29. The fourth-order valence-corrected chi connectivity index (χ4v) is 2.63. The van der Waals surface area contributed by atoms with Crippen molar-refractivity contribution in [2.24, 2.45) is 0 Å². The molecule has 2 N–H and O–H groups in total. The van der Waals surface area contributed by atoms with E-state index in [1.807, 2.05) is 6.07 Å². The second kappa shape index (κ2) is 9.73. The summed E-state index contributed by atoms with van der Waals surface area (Å²) in [5.74, 6) is -0.553. The third-order valence-electron chi connectivity index (χ3n) is 3.79. The van der Waals surface area contributed by atoms with Gasteiger partial charge in [-0.1, -0.05) is 29.8 Å². The van der Waals surface area contributed by atoms with Gasteiger partial charge in [0.1, 0.15) is 0 Å². The van der Waals surface area contributed by atoms with Crippen molar-refractivity contribution in [1.82, 2.24) is 10.2 Å². The number of hydrogen-bond donors (Lipinski definition) is 2. The Kier molecular flexibility index (Phi) is 7.37. The van der Waals surface area contributed by atoms with Crippen molar-refractivity contribution in [1.29, 1.82) is 0 Å². The van der Waals surface area contributed by atoms with E-state index in [2.05, 4.69) is 10.6 Å². The number of hydrogen-bond acceptors (Lipinski definition) is 3. The van der Waals surface area contributed by atoms with Crippen molar-refractivity contribution < 1.29 is 14.4 Å². The van der Waals surface area contributed by atoms with E-state index in [0.717, 1.165) is 0 Å². The molecule has 0 aromatic heterocycles. The predicted molar refractivity (Wildman–Crippen MR) is 106 cm³/mol. The van der Waals surface area contributed by atoms with Crippen LogP contribution >= 0.6 is 11.6 Å². The van der Waals surface area contributed by atoms with E-state index >= 15 is 0 Å². The lowest BCUT2D eigenvalue weighted by molar-refractivity contribution is -0.116. The van der Waals surface area contributed by atoms with Gasteiger partial charge in [0.05, 0.1) is 10.6 Å². The number of anilines is 1. The fraction of sp³-hybridized carbons (Fsp3) is 0.250.